The van der Waals surface area contributed by atoms with Crippen LogP contribution >= 0.6 is 0 Å². The van der Waals surface area contributed by atoms with Crippen molar-refractivity contribution in [1.29, 1.82) is 0 Å². The van der Waals surface area contributed by atoms with Crippen LogP contribution in [0.5, 0.6) is 0 Å². The van der Waals surface area contributed by atoms with Crippen LogP contribution in [-0.4, -0.2) is 36.2 Å². The first-order valence-electron chi connectivity index (χ1n) is 11.0. The van der Waals surface area contributed by atoms with Crippen molar-refractivity contribution in [2.45, 2.75) is 76.4 Å². The van der Waals surface area contributed by atoms with Crippen molar-refractivity contribution < 1.29 is 13.5 Å². The van der Waals surface area contributed by atoms with Gasteiger partial charge in [-0.15, -0.1) is 0 Å². The van der Waals surface area contributed by atoms with Crippen LogP contribution in [0.15, 0.2) is 23.2 Å². The Bertz CT molecular complexity index is 857. The maximum Gasteiger partial charge on any atom is 0.256 e. The average Bonchev–Trinajstić information content (AvgIpc) is 3.10. The SMILES string of the molecule is CC(C)CCc1ccc2c(c1)C13N=C(N)N(CC(F)F)COC14CCCC[C@]43C2. The van der Waals surface area contributed by atoms with Crippen molar-refractivity contribution >= 4 is 5.96 Å². The number of fused-ring (bicyclic) bond motifs is 1. The maximum absolute atomic E-state index is 13.1. The van der Waals surface area contributed by atoms with Crippen molar-refractivity contribution in [2.75, 3.05) is 13.3 Å². The summed E-state index contributed by atoms with van der Waals surface area (Å²) in [6, 6.07) is 6.82. The highest BCUT2D eigenvalue weighted by molar-refractivity contribution is 5.81. The number of nitrogens with two attached hydrogens (primary N) is 1. The lowest BCUT2D eigenvalue weighted by Crippen LogP contribution is -2.43. The van der Waals surface area contributed by atoms with Gasteiger partial charge in [0.25, 0.3) is 6.43 Å². The highest BCUT2D eigenvalue weighted by Gasteiger charge is 2.92. The lowest BCUT2D eigenvalue weighted by molar-refractivity contribution is -0.0667. The number of halogens is 2. The number of ether oxygens (including phenoxy) is 1. The topological polar surface area (TPSA) is 50.8 Å². The van der Waals surface area contributed by atoms with E-state index in [0.29, 0.717) is 5.92 Å². The first kappa shape index (κ1) is 19.3. The lowest BCUT2D eigenvalue weighted by Gasteiger charge is -2.32. The van der Waals surface area contributed by atoms with Gasteiger partial charge in [-0.05, 0) is 54.7 Å². The van der Waals surface area contributed by atoms with Gasteiger partial charge in [0.15, 0.2) is 5.96 Å². The second-order valence-corrected chi connectivity index (χ2v) is 9.78. The Labute approximate surface area is 171 Å². The first-order valence-corrected chi connectivity index (χ1v) is 11.0. The number of hydrogen-bond donors (Lipinski definition) is 1. The normalized spacial score (nSPS) is 35.0. The Hall–Kier alpha value is -1.69. The monoisotopic (exact) mass is 403 g/mol. The summed E-state index contributed by atoms with van der Waals surface area (Å²) in [5.41, 5.74) is 9.25. The van der Waals surface area contributed by atoms with E-state index in [1.165, 1.54) is 21.6 Å². The Morgan fingerprint density at radius 1 is 1.24 bits per heavy atom. The number of benzene rings is 1. The molecule has 4 nitrogen and oxygen atoms in total. The van der Waals surface area contributed by atoms with Crippen LogP contribution in [0.2, 0.25) is 0 Å². The number of aryl methyl sites for hydroxylation is 1. The Morgan fingerprint density at radius 2 is 2.03 bits per heavy atom. The minimum atomic E-state index is -2.47. The molecule has 0 saturated heterocycles. The van der Waals surface area contributed by atoms with Crippen molar-refractivity contribution in [2.24, 2.45) is 22.1 Å². The third-order valence-electron chi connectivity index (χ3n) is 7.87. The van der Waals surface area contributed by atoms with E-state index in [4.69, 9.17) is 15.5 Å². The van der Waals surface area contributed by atoms with E-state index in [1.807, 2.05) is 0 Å². The molecule has 1 aromatic carbocycles. The maximum atomic E-state index is 13.1. The van der Waals surface area contributed by atoms with Crippen LogP contribution in [0, 0.1) is 11.3 Å². The molecule has 0 amide bonds. The van der Waals surface area contributed by atoms with E-state index in [0.717, 1.165) is 44.9 Å². The highest BCUT2D eigenvalue weighted by Crippen LogP contribution is 2.84. The van der Waals surface area contributed by atoms with Crippen LogP contribution < -0.4 is 5.73 Å². The number of rotatable bonds is 5. The van der Waals surface area contributed by atoms with Gasteiger partial charge in [0, 0.05) is 5.41 Å². The standard InChI is InChI=1S/C23H31F2N3O/c1-15(2)5-6-16-7-8-17-12-21-9-3-4-10-22(21)23(21,18(17)11-16)27-20(26)28(14-29-22)13-19(24)25/h7-8,11,15,19H,3-6,9-10,12-14H2,1-2H3,(H2,26,27)/t21-,22?,23?/m0/s1. The molecule has 3 atom stereocenters. The smallest absolute Gasteiger partial charge is 0.256 e. The quantitative estimate of drug-likeness (QED) is 0.801. The zero-order chi connectivity index (χ0) is 20.4. The van der Waals surface area contributed by atoms with Gasteiger partial charge in [-0.2, -0.15) is 0 Å². The molecule has 0 aromatic heterocycles. The molecular weight excluding hydrogens is 372 g/mol. The molecule has 0 bridgehead atoms. The molecule has 2 saturated carbocycles. The summed E-state index contributed by atoms with van der Waals surface area (Å²) in [4.78, 5) is 6.45. The van der Waals surface area contributed by atoms with Gasteiger partial charge in [-0.1, -0.05) is 44.9 Å². The number of alkyl halides is 2. The van der Waals surface area contributed by atoms with E-state index >= 15 is 0 Å². The Kier molecular flexibility index (Phi) is 4.26. The molecule has 29 heavy (non-hydrogen) atoms. The summed E-state index contributed by atoms with van der Waals surface area (Å²) < 4.78 is 32.6. The summed E-state index contributed by atoms with van der Waals surface area (Å²) >= 11 is 0. The molecule has 1 aliphatic heterocycles. The van der Waals surface area contributed by atoms with Crippen molar-refractivity contribution in [3.05, 3.63) is 34.9 Å². The predicted molar refractivity (Wildman–Crippen MR) is 109 cm³/mol. The number of nitrogens with zero attached hydrogens (tertiary/aromatic N) is 2. The second kappa shape index (κ2) is 6.40. The van der Waals surface area contributed by atoms with E-state index in [9.17, 15) is 8.78 Å². The molecule has 4 aliphatic rings. The number of guanidine groups is 1. The Balaban J connectivity index is 1.59. The summed E-state index contributed by atoms with van der Waals surface area (Å²) in [6.45, 7) is 4.15. The van der Waals surface area contributed by atoms with Crippen LogP contribution in [-0.2, 0) is 23.1 Å². The molecule has 3 aliphatic carbocycles. The molecule has 1 aromatic rings. The van der Waals surface area contributed by atoms with Crippen LogP contribution in [0.3, 0.4) is 0 Å². The zero-order valence-corrected chi connectivity index (χ0v) is 17.4. The van der Waals surface area contributed by atoms with E-state index in [1.54, 1.807) is 0 Å². The van der Waals surface area contributed by atoms with E-state index < -0.39 is 18.5 Å². The third kappa shape index (κ3) is 2.41. The fourth-order valence-electron chi connectivity index (χ4n) is 6.58. The van der Waals surface area contributed by atoms with Crippen LogP contribution in [0.4, 0.5) is 8.78 Å². The molecular formula is C23H31F2N3O. The molecule has 5 rings (SSSR count). The number of hydrogen-bond acceptors (Lipinski definition) is 4. The lowest BCUT2D eigenvalue weighted by atomic mass is 9.82. The first-order chi connectivity index (χ1) is 13.9. The summed E-state index contributed by atoms with van der Waals surface area (Å²) in [7, 11) is 0. The van der Waals surface area contributed by atoms with Gasteiger partial charge in [0.05, 0.1) is 6.54 Å². The number of aliphatic imine (C=N–C) groups is 1. The van der Waals surface area contributed by atoms with Crippen molar-refractivity contribution in [3.63, 3.8) is 0 Å². The molecule has 2 fully saturated rings. The summed E-state index contributed by atoms with van der Waals surface area (Å²) in [5.74, 6) is 0.858. The minimum Gasteiger partial charge on any atom is -0.370 e. The summed E-state index contributed by atoms with van der Waals surface area (Å²) in [6.07, 6.45) is 4.93. The predicted octanol–water partition coefficient (Wildman–Crippen LogP) is 4.21. The van der Waals surface area contributed by atoms with Gasteiger partial charge in [-0.3, -0.25) is 0 Å². The molecule has 3 spiro atoms. The molecule has 158 valence electrons. The third-order valence-corrected chi connectivity index (χ3v) is 7.87. The fraction of sp³-hybridized carbons (Fsp3) is 0.696. The van der Waals surface area contributed by atoms with E-state index in [-0.39, 0.29) is 23.7 Å². The van der Waals surface area contributed by atoms with E-state index in [2.05, 4.69) is 32.0 Å². The van der Waals surface area contributed by atoms with Crippen LogP contribution in [0.25, 0.3) is 0 Å². The summed E-state index contributed by atoms with van der Waals surface area (Å²) in [5, 5.41) is 0. The molecule has 2 N–H and O–H groups in total. The van der Waals surface area contributed by atoms with Crippen molar-refractivity contribution in [1.82, 2.24) is 4.90 Å². The largest absolute Gasteiger partial charge is 0.370 e. The molecule has 6 heteroatoms. The molecule has 1 heterocycles. The fourth-order valence-corrected chi connectivity index (χ4v) is 6.58. The molecule has 0 radical (unpaired) electrons. The zero-order valence-electron chi connectivity index (χ0n) is 17.4. The highest BCUT2D eigenvalue weighted by atomic mass is 19.3. The van der Waals surface area contributed by atoms with Gasteiger partial charge in [0.2, 0.25) is 0 Å². The minimum absolute atomic E-state index is 0.0568. The van der Waals surface area contributed by atoms with Crippen molar-refractivity contribution in [3.8, 4) is 0 Å². The van der Waals surface area contributed by atoms with Crippen LogP contribution in [0.1, 0.15) is 62.6 Å². The van der Waals surface area contributed by atoms with Gasteiger partial charge >= 0.3 is 0 Å². The molecule has 2 unspecified atom stereocenters. The second-order valence-electron chi connectivity index (χ2n) is 9.78. The van der Waals surface area contributed by atoms with Gasteiger partial charge in [0.1, 0.15) is 17.9 Å². The Morgan fingerprint density at radius 3 is 2.79 bits per heavy atom. The van der Waals surface area contributed by atoms with Gasteiger partial charge in [-0.25, -0.2) is 13.8 Å². The average molecular weight is 404 g/mol. The van der Waals surface area contributed by atoms with Gasteiger partial charge < -0.3 is 15.4 Å².